The number of hydrogen-bond acceptors (Lipinski definition) is 11. The summed E-state index contributed by atoms with van der Waals surface area (Å²) in [5.74, 6) is -2.45. The average Bonchev–Trinajstić information content (AvgIpc) is 3.17. The van der Waals surface area contributed by atoms with Crippen LogP contribution in [0.4, 0.5) is 0 Å². The van der Waals surface area contributed by atoms with Gasteiger partial charge in [-0.15, -0.1) is 0 Å². The lowest BCUT2D eigenvalue weighted by molar-refractivity contribution is -0.129. The fourth-order valence-electron chi connectivity index (χ4n) is 3.51. The minimum atomic E-state index is -3.41. The summed E-state index contributed by atoms with van der Waals surface area (Å²) in [4.78, 5) is 57.0. The van der Waals surface area contributed by atoms with Crippen molar-refractivity contribution >= 4 is 39.5 Å². The summed E-state index contributed by atoms with van der Waals surface area (Å²) in [6.45, 7) is 6.57. The first-order valence-electron chi connectivity index (χ1n) is 11.6. The maximum absolute atomic E-state index is 13.3. The fraction of sp³-hybridized carbons (Fsp3) is 0.375. The largest absolute Gasteiger partial charge is 0.496 e. The number of carbonyl (C=O) groups is 4. The molecule has 0 fully saturated rings. The molecule has 38 heavy (non-hydrogen) atoms. The molecule has 0 atom stereocenters. The number of benzene rings is 1. The van der Waals surface area contributed by atoms with Crippen LogP contribution in [0.25, 0.3) is 0 Å². The molecule has 0 aliphatic carbocycles. The van der Waals surface area contributed by atoms with Crippen LogP contribution in [-0.2, 0) is 22.7 Å². The number of methoxy groups -OCH3 is 3. The van der Waals surface area contributed by atoms with Gasteiger partial charge in [-0.1, -0.05) is 13.8 Å². The van der Waals surface area contributed by atoms with E-state index in [2.05, 4.69) is 20.5 Å². The minimum absolute atomic E-state index is 0.0175. The number of carbonyl (C=O) groups excluding carboxylic acids is 4. The van der Waals surface area contributed by atoms with Crippen LogP contribution in [0.5, 0.6) is 17.2 Å². The molecule has 1 aromatic rings. The summed E-state index contributed by atoms with van der Waals surface area (Å²) < 4.78 is 26.6. The lowest BCUT2D eigenvalue weighted by atomic mass is 10.1. The van der Waals surface area contributed by atoms with Gasteiger partial charge in [-0.05, 0) is 23.7 Å². The van der Waals surface area contributed by atoms with E-state index in [4.69, 9.17) is 22.6 Å². The van der Waals surface area contributed by atoms with Crippen molar-refractivity contribution in [3.05, 3.63) is 41.0 Å². The first kappa shape index (κ1) is 28.5. The Morgan fingerprint density at radius 1 is 0.921 bits per heavy atom. The van der Waals surface area contributed by atoms with Crippen molar-refractivity contribution in [3.8, 4) is 17.2 Å². The zero-order chi connectivity index (χ0) is 27.9. The van der Waals surface area contributed by atoms with Gasteiger partial charge in [0.1, 0.15) is 11.4 Å². The van der Waals surface area contributed by atoms with Crippen molar-refractivity contribution < 1.29 is 41.8 Å². The summed E-state index contributed by atoms with van der Waals surface area (Å²) in [5, 5.41) is 6.07. The Kier molecular flexibility index (Phi) is 9.36. The van der Waals surface area contributed by atoms with Gasteiger partial charge in [-0.25, -0.2) is 14.6 Å². The molecule has 206 valence electrons. The van der Waals surface area contributed by atoms with Gasteiger partial charge in [0, 0.05) is 37.4 Å². The van der Waals surface area contributed by atoms with Crippen LogP contribution >= 0.6 is 10.6 Å². The van der Waals surface area contributed by atoms with Crippen LogP contribution in [0, 0.1) is 0 Å². The number of likely N-dealkylation sites (N-methyl/N-ethyl adjacent to an activating group) is 1. The van der Waals surface area contributed by atoms with Crippen molar-refractivity contribution in [3.63, 3.8) is 0 Å². The molecule has 2 aliphatic heterocycles. The van der Waals surface area contributed by atoms with Gasteiger partial charge in [0.05, 0.1) is 32.3 Å². The zero-order valence-corrected chi connectivity index (χ0v) is 22.5. The van der Waals surface area contributed by atoms with Gasteiger partial charge in [-0.3, -0.25) is 14.9 Å². The SMILES string of the molecule is CCN(CC)CCNC(=O)C1=CS2(OC(=O)C=CC(=O)O2)C(NC(=O)c2cc(OC)c(OC)cc2OC)=N1. The monoisotopic (exact) mass is 550 g/mol. The first-order chi connectivity index (χ1) is 18.2. The van der Waals surface area contributed by atoms with Crippen LogP contribution in [-0.4, -0.2) is 81.3 Å². The maximum Gasteiger partial charge on any atom is 0.354 e. The molecule has 2 aliphatic rings. The van der Waals surface area contributed by atoms with Gasteiger partial charge in [-0.2, -0.15) is 0 Å². The number of amidine groups is 1. The number of ether oxygens (including phenoxy) is 3. The molecule has 2 N–H and O–H groups in total. The summed E-state index contributed by atoms with van der Waals surface area (Å²) in [5.41, 5.74) is -0.166. The van der Waals surface area contributed by atoms with E-state index in [0.717, 1.165) is 30.6 Å². The van der Waals surface area contributed by atoms with E-state index in [1.54, 1.807) is 0 Å². The Labute approximate surface area is 221 Å². The summed E-state index contributed by atoms with van der Waals surface area (Å²) in [7, 11) is 0.787. The predicted octanol–water partition coefficient (Wildman–Crippen LogP) is 1.40. The quantitative estimate of drug-likeness (QED) is 0.437. The second-order valence-corrected chi connectivity index (χ2v) is 9.79. The van der Waals surface area contributed by atoms with Gasteiger partial charge in [0.2, 0.25) is 5.17 Å². The number of hydrogen-bond donors (Lipinski definition) is 2. The van der Waals surface area contributed by atoms with Crippen LogP contribution in [0.15, 0.2) is 40.4 Å². The van der Waals surface area contributed by atoms with Crippen LogP contribution in [0.3, 0.4) is 0 Å². The Hall–Kier alpha value is -4.04. The number of amides is 2. The highest BCUT2D eigenvalue weighted by atomic mass is 32.3. The molecule has 0 aromatic heterocycles. The van der Waals surface area contributed by atoms with Crippen molar-refractivity contribution in [2.45, 2.75) is 13.8 Å². The van der Waals surface area contributed by atoms with E-state index in [0.29, 0.717) is 18.8 Å². The van der Waals surface area contributed by atoms with E-state index in [-0.39, 0.29) is 27.9 Å². The Morgan fingerprint density at radius 2 is 1.50 bits per heavy atom. The Balaban J connectivity index is 1.93. The lowest BCUT2D eigenvalue weighted by Gasteiger charge is -2.34. The third-order valence-corrected chi connectivity index (χ3v) is 7.63. The molecule has 0 radical (unpaired) electrons. The standard InChI is InChI=1S/C24H30N4O9S/c1-6-28(7-2)11-10-25-23(32)16-14-38(36-20(29)8-9-21(30)37-38)24(26-16)27-22(31)15-12-18(34-4)19(35-5)13-17(15)33-3/h8-9,12-14H,6-7,10-11H2,1-5H3,(H,25,32)(H,26,27,31). The number of aliphatic imine (C=N–C) groups is 1. The highest BCUT2D eigenvalue weighted by Crippen LogP contribution is 2.58. The first-order valence-corrected chi connectivity index (χ1v) is 13.1. The molecule has 1 aromatic carbocycles. The minimum Gasteiger partial charge on any atom is -0.496 e. The van der Waals surface area contributed by atoms with Crippen molar-refractivity contribution in [2.75, 3.05) is 47.5 Å². The van der Waals surface area contributed by atoms with E-state index < -0.39 is 34.3 Å². The fourth-order valence-corrected chi connectivity index (χ4v) is 5.43. The molecule has 14 heteroatoms. The lowest BCUT2D eigenvalue weighted by Crippen LogP contribution is -2.35. The van der Waals surface area contributed by atoms with Crippen molar-refractivity contribution in [2.24, 2.45) is 4.99 Å². The second kappa shape index (κ2) is 12.5. The molecule has 2 heterocycles. The van der Waals surface area contributed by atoms with Gasteiger partial charge in [0.25, 0.3) is 11.8 Å². The highest BCUT2D eigenvalue weighted by molar-refractivity contribution is 8.41. The number of nitrogens with one attached hydrogen (secondary N) is 2. The number of rotatable bonds is 10. The molecule has 0 saturated carbocycles. The summed E-state index contributed by atoms with van der Waals surface area (Å²) >= 11 is 0. The Morgan fingerprint density at radius 3 is 2.05 bits per heavy atom. The van der Waals surface area contributed by atoms with E-state index in [9.17, 15) is 19.2 Å². The van der Waals surface area contributed by atoms with Crippen LogP contribution in [0.1, 0.15) is 24.2 Å². The zero-order valence-electron chi connectivity index (χ0n) is 21.7. The molecule has 2 amide bonds. The second-order valence-electron chi connectivity index (χ2n) is 7.75. The molecule has 1 spiro atoms. The van der Waals surface area contributed by atoms with Crippen LogP contribution in [0.2, 0.25) is 0 Å². The van der Waals surface area contributed by atoms with Crippen LogP contribution < -0.4 is 24.8 Å². The molecule has 13 nitrogen and oxygen atoms in total. The topological polar surface area (TPSA) is 154 Å². The molecule has 0 bridgehead atoms. The molecule has 0 unspecified atom stereocenters. The molecule has 3 rings (SSSR count). The van der Waals surface area contributed by atoms with Gasteiger partial charge in [0.15, 0.2) is 11.5 Å². The third kappa shape index (κ3) is 6.26. The van der Waals surface area contributed by atoms with Crippen molar-refractivity contribution in [1.29, 1.82) is 0 Å². The van der Waals surface area contributed by atoms with E-state index in [1.165, 1.54) is 33.5 Å². The summed E-state index contributed by atoms with van der Waals surface area (Å²) in [6, 6.07) is 2.83. The third-order valence-electron chi connectivity index (χ3n) is 5.54. The van der Waals surface area contributed by atoms with E-state index in [1.807, 2.05) is 13.8 Å². The van der Waals surface area contributed by atoms with E-state index >= 15 is 0 Å². The van der Waals surface area contributed by atoms with Gasteiger partial charge >= 0.3 is 11.9 Å². The highest BCUT2D eigenvalue weighted by Gasteiger charge is 2.42. The molecular formula is C24H30N4O9S. The molecule has 0 saturated heterocycles. The smallest absolute Gasteiger partial charge is 0.354 e. The Bertz CT molecular complexity index is 1190. The normalized spacial score (nSPS) is 16.6. The summed E-state index contributed by atoms with van der Waals surface area (Å²) in [6.07, 6.45) is 1.77. The molecular weight excluding hydrogens is 520 g/mol. The van der Waals surface area contributed by atoms with Gasteiger partial charge < -0.3 is 32.8 Å². The van der Waals surface area contributed by atoms with Crippen molar-refractivity contribution in [1.82, 2.24) is 15.5 Å². The predicted molar refractivity (Wildman–Crippen MR) is 139 cm³/mol. The maximum atomic E-state index is 13.3. The number of nitrogens with zero attached hydrogens (tertiary/aromatic N) is 2. The average molecular weight is 551 g/mol.